The number of aryl methyl sites for hydroxylation is 3. The third kappa shape index (κ3) is 2.80. The molecule has 0 amide bonds. The van der Waals surface area contributed by atoms with Gasteiger partial charge in [0.25, 0.3) is 0 Å². The zero-order chi connectivity index (χ0) is 18.3. The zero-order valence-corrected chi connectivity index (χ0v) is 14.3. The van der Waals surface area contributed by atoms with Crippen molar-refractivity contribution in [1.82, 2.24) is 0 Å². The summed E-state index contributed by atoms with van der Waals surface area (Å²) < 4.78 is 0. The van der Waals surface area contributed by atoms with E-state index in [1.165, 1.54) is 0 Å². The van der Waals surface area contributed by atoms with Crippen molar-refractivity contribution in [3.63, 3.8) is 0 Å². The number of fused-ring (bicyclic) bond motifs is 1. The first-order valence-corrected chi connectivity index (χ1v) is 8.03. The molecule has 0 aliphatic heterocycles. The van der Waals surface area contributed by atoms with Crippen molar-refractivity contribution < 1.29 is 19.5 Å². The number of carboxylic acids is 1. The summed E-state index contributed by atoms with van der Waals surface area (Å²) in [7, 11) is 0. The minimum atomic E-state index is -1.13. The van der Waals surface area contributed by atoms with Gasteiger partial charge in [-0.05, 0) is 37.5 Å². The Balaban J connectivity index is 2.35. The molecule has 126 valence electrons. The lowest BCUT2D eigenvalue weighted by Crippen LogP contribution is -2.23. The molecule has 0 radical (unpaired) electrons. The van der Waals surface area contributed by atoms with Gasteiger partial charge in [-0.3, -0.25) is 14.4 Å². The number of Topliss-reactive ketones (excluding diaryl/α,β-unsaturated/α-hetero) is 2. The van der Waals surface area contributed by atoms with Crippen LogP contribution in [0.15, 0.2) is 42.0 Å². The maximum absolute atomic E-state index is 13.1. The molecule has 0 spiro atoms. The molecule has 0 atom stereocenters. The molecule has 1 N–H and O–H groups in total. The van der Waals surface area contributed by atoms with Gasteiger partial charge in [0.1, 0.15) is 0 Å². The number of hydrogen-bond acceptors (Lipinski definition) is 3. The number of ketones is 2. The SMILES string of the molecule is Cc1cc(C)c(C2=C(CC(=O)O)C(=O)c3ccccc3C2=O)c(C)c1. The van der Waals surface area contributed by atoms with E-state index >= 15 is 0 Å². The molecule has 2 aromatic carbocycles. The van der Waals surface area contributed by atoms with Crippen LogP contribution >= 0.6 is 0 Å². The number of aliphatic carboxylic acids is 1. The van der Waals surface area contributed by atoms with Gasteiger partial charge in [-0.1, -0.05) is 42.0 Å². The van der Waals surface area contributed by atoms with Gasteiger partial charge in [-0.15, -0.1) is 0 Å². The van der Waals surface area contributed by atoms with E-state index in [4.69, 9.17) is 0 Å². The average Bonchev–Trinajstić information content (AvgIpc) is 2.53. The number of carboxylic acid groups (broad SMARTS) is 1. The highest BCUT2D eigenvalue weighted by molar-refractivity contribution is 6.41. The van der Waals surface area contributed by atoms with E-state index in [2.05, 4.69) is 0 Å². The van der Waals surface area contributed by atoms with Crippen LogP contribution in [0, 0.1) is 20.8 Å². The van der Waals surface area contributed by atoms with Crippen LogP contribution < -0.4 is 0 Å². The van der Waals surface area contributed by atoms with Crippen LogP contribution in [-0.2, 0) is 4.79 Å². The van der Waals surface area contributed by atoms with Crippen molar-refractivity contribution in [3.05, 3.63) is 75.4 Å². The maximum atomic E-state index is 13.1. The van der Waals surface area contributed by atoms with Crippen LogP contribution in [0.3, 0.4) is 0 Å². The first-order valence-electron chi connectivity index (χ1n) is 8.03. The van der Waals surface area contributed by atoms with Crippen LogP contribution in [0.5, 0.6) is 0 Å². The molecule has 0 aromatic heterocycles. The van der Waals surface area contributed by atoms with Gasteiger partial charge in [0, 0.05) is 22.3 Å². The fourth-order valence-corrected chi connectivity index (χ4v) is 3.59. The van der Waals surface area contributed by atoms with Gasteiger partial charge in [0.15, 0.2) is 11.6 Å². The molecule has 0 saturated heterocycles. The van der Waals surface area contributed by atoms with Crippen LogP contribution in [-0.4, -0.2) is 22.6 Å². The second-order valence-electron chi connectivity index (χ2n) is 6.40. The number of allylic oxidation sites excluding steroid dienone is 1. The summed E-state index contributed by atoms with van der Waals surface area (Å²) in [6.45, 7) is 5.71. The summed E-state index contributed by atoms with van der Waals surface area (Å²) in [5.74, 6) is -1.80. The molecule has 2 aromatic rings. The first kappa shape index (κ1) is 16.8. The molecule has 3 rings (SSSR count). The number of benzene rings is 2. The third-order valence-corrected chi connectivity index (χ3v) is 4.47. The molecular weight excluding hydrogens is 316 g/mol. The van der Waals surface area contributed by atoms with Crippen LogP contribution in [0.2, 0.25) is 0 Å². The Kier molecular flexibility index (Phi) is 4.13. The van der Waals surface area contributed by atoms with Gasteiger partial charge in [0.2, 0.25) is 0 Å². The molecule has 4 heteroatoms. The second-order valence-corrected chi connectivity index (χ2v) is 6.40. The Labute approximate surface area is 145 Å². The predicted molar refractivity (Wildman–Crippen MR) is 94.9 cm³/mol. The molecule has 1 aliphatic rings. The van der Waals surface area contributed by atoms with E-state index in [1.54, 1.807) is 24.3 Å². The molecule has 0 heterocycles. The highest BCUT2D eigenvalue weighted by Crippen LogP contribution is 2.37. The Bertz CT molecular complexity index is 941. The van der Waals surface area contributed by atoms with Crippen molar-refractivity contribution in [2.45, 2.75) is 27.2 Å². The fraction of sp³-hybridized carbons (Fsp3) is 0.190. The predicted octanol–water partition coefficient (Wildman–Crippen LogP) is 3.92. The van der Waals surface area contributed by atoms with Gasteiger partial charge in [0.05, 0.1) is 6.42 Å². The van der Waals surface area contributed by atoms with Crippen LogP contribution in [0.4, 0.5) is 0 Å². The van der Waals surface area contributed by atoms with Crippen molar-refractivity contribution in [2.75, 3.05) is 0 Å². The zero-order valence-electron chi connectivity index (χ0n) is 14.3. The normalized spacial score (nSPS) is 13.9. The third-order valence-electron chi connectivity index (χ3n) is 4.47. The Morgan fingerprint density at radius 1 is 0.920 bits per heavy atom. The lowest BCUT2D eigenvalue weighted by Gasteiger charge is -2.23. The van der Waals surface area contributed by atoms with E-state index in [0.717, 1.165) is 16.7 Å². The van der Waals surface area contributed by atoms with E-state index in [-0.39, 0.29) is 28.3 Å². The molecule has 4 nitrogen and oxygen atoms in total. The first-order chi connectivity index (χ1) is 11.8. The van der Waals surface area contributed by atoms with Gasteiger partial charge >= 0.3 is 5.97 Å². The summed E-state index contributed by atoms with van der Waals surface area (Å²) in [5.41, 5.74) is 4.31. The molecule has 25 heavy (non-hydrogen) atoms. The largest absolute Gasteiger partial charge is 0.481 e. The van der Waals surface area contributed by atoms with Gasteiger partial charge < -0.3 is 5.11 Å². The molecule has 0 bridgehead atoms. The number of rotatable bonds is 3. The smallest absolute Gasteiger partial charge is 0.307 e. The molecule has 0 saturated carbocycles. The number of carbonyl (C=O) groups is 3. The summed E-state index contributed by atoms with van der Waals surface area (Å²) in [6.07, 6.45) is -0.471. The standard InChI is InChI=1S/C21H18O4/c1-11-8-12(2)18(13(3)9-11)19-16(10-17(22)23)20(24)14-6-4-5-7-15(14)21(19)25/h4-9H,10H2,1-3H3,(H,22,23). The minimum absolute atomic E-state index is 0.0613. The molecular formula is C21H18O4. The van der Waals surface area contributed by atoms with Crippen LogP contribution in [0.25, 0.3) is 5.57 Å². The summed E-state index contributed by atoms with van der Waals surface area (Å²) in [6, 6.07) is 10.4. The number of hydrogen-bond donors (Lipinski definition) is 1. The van der Waals surface area contributed by atoms with Crippen molar-refractivity contribution in [1.29, 1.82) is 0 Å². The topological polar surface area (TPSA) is 71.4 Å². The highest BCUT2D eigenvalue weighted by atomic mass is 16.4. The lowest BCUT2D eigenvalue weighted by molar-refractivity contribution is -0.136. The minimum Gasteiger partial charge on any atom is -0.481 e. The van der Waals surface area contributed by atoms with Crippen LogP contribution in [0.1, 0.15) is 49.4 Å². The van der Waals surface area contributed by atoms with Gasteiger partial charge in [-0.25, -0.2) is 0 Å². The lowest BCUT2D eigenvalue weighted by atomic mass is 9.77. The highest BCUT2D eigenvalue weighted by Gasteiger charge is 2.34. The van der Waals surface area contributed by atoms with E-state index in [0.29, 0.717) is 11.1 Å². The van der Waals surface area contributed by atoms with E-state index in [9.17, 15) is 19.5 Å². The molecule has 1 aliphatic carbocycles. The maximum Gasteiger partial charge on any atom is 0.307 e. The van der Waals surface area contributed by atoms with Gasteiger partial charge in [-0.2, -0.15) is 0 Å². The van der Waals surface area contributed by atoms with Crippen molar-refractivity contribution >= 4 is 23.1 Å². The second kappa shape index (κ2) is 6.13. The van der Waals surface area contributed by atoms with Crippen molar-refractivity contribution in [2.24, 2.45) is 0 Å². The quantitative estimate of drug-likeness (QED) is 0.923. The summed E-state index contributed by atoms with van der Waals surface area (Å²) in [5, 5.41) is 9.27. The Morgan fingerprint density at radius 3 is 1.96 bits per heavy atom. The fourth-order valence-electron chi connectivity index (χ4n) is 3.59. The Morgan fingerprint density at radius 2 is 1.44 bits per heavy atom. The molecule has 0 unspecified atom stereocenters. The number of carbonyl (C=O) groups excluding carboxylic acids is 2. The van der Waals surface area contributed by atoms with Crippen molar-refractivity contribution in [3.8, 4) is 0 Å². The monoisotopic (exact) mass is 334 g/mol. The molecule has 0 fully saturated rings. The Hall–Kier alpha value is -3.01. The van der Waals surface area contributed by atoms with E-state index in [1.807, 2.05) is 32.9 Å². The summed E-state index contributed by atoms with van der Waals surface area (Å²) in [4.78, 5) is 37.4. The average molecular weight is 334 g/mol. The summed E-state index contributed by atoms with van der Waals surface area (Å²) >= 11 is 0. The van der Waals surface area contributed by atoms with E-state index < -0.39 is 12.4 Å².